The van der Waals surface area contributed by atoms with Crippen molar-refractivity contribution in [3.8, 4) is 0 Å². The molecule has 2 atom stereocenters. The lowest BCUT2D eigenvalue weighted by Crippen LogP contribution is -2.37. The van der Waals surface area contributed by atoms with Gasteiger partial charge in [-0.05, 0) is 20.8 Å². The van der Waals surface area contributed by atoms with Crippen LogP contribution in [0.25, 0.3) is 0 Å². The zero-order valence-corrected chi connectivity index (χ0v) is 9.65. The topological polar surface area (TPSA) is 9.23 Å². The smallest absolute Gasteiger partial charge is 0.105 e. The van der Waals surface area contributed by atoms with Crippen LogP contribution in [0, 0.1) is 0 Å². The zero-order valence-electron chi connectivity index (χ0n) is 8.83. The highest BCUT2D eigenvalue weighted by molar-refractivity contribution is 8.02. The Kier molecular flexibility index (Phi) is 3.63. The third-order valence-electron chi connectivity index (χ3n) is 2.11. The lowest BCUT2D eigenvalue weighted by atomic mass is 10.1. The monoisotopic (exact) mass is 198 g/mol. The van der Waals surface area contributed by atoms with Crippen molar-refractivity contribution in [2.45, 2.75) is 37.4 Å². The second-order valence-corrected chi connectivity index (χ2v) is 5.60. The van der Waals surface area contributed by atoms with E-state index in [0.717, 1.165) is 6.42 Å². The molecule has 0 aliphatic carbocycles. The third-order valence-corrected chi connectivity index (χ3v) is 3.58. The average molecular weight is 198 g/mol. The van der Waals surface area contributed by atoms with Crippen molar-refractivity contribution in [3.63, 3.8) is 0 Å². The molecule has 0 spiro atoms. The Balaban J connectivity index is 2.38. The fourth-order valence-corrected chi connectivity index (χ4v) is 2.54. The second-order valence-electron chi connectivity index (χ2n) is 3.90. The lowest BCUT2D eigenvalue weighted by Gasteiger charge is -2.41. The van der Waals surface area contributed by atoms with Gasteiger partial charge in [0, 0.05) is 18.3 Å². The summed E-state index contributed by atoms with van der Waals surface area (Å²) in [4.78, 5) is 0. The largest absolute Gasteiger partial charge is 0.371 e. The van der Waals surface area contributed by atoms with Crippen LogP contribution in [0.3, 0.4) is 0 Å². The van der Waals surface area contributed by atoms with E-state index in [4.69, 9.17) is 4.74 Å². The van der Waals surface area contributed by atoms with Gasteiger partial charge in [0.15, 0.2) is 0 Å². The molecule has 13 heavy (non-hydrogen) atoms. The molecule has 1 fully saturated rings. The molecule has 1 saturated heterocycles. The van der Waals surface area contributed by atoms with Crippen LogP contribution in [0.15, 0.2) is 23.8 Å². The van der Waals surface area contributed by atoms with Crippen LogP contribution in [-0.4, -0.2) is 17.3 Å². The maximum atomic E-state index is 5.22. The molecule has 0 saturated carbocycles. The molecule has 1 aliphatic heterocycles. The van der Waals surface area contributed by atoms with Gasteiger partial charge in [0.05, 0.1) is 0 Å². The van der Waals surface area contributed by atoms with Gasteiger partial charge in [0.25, 0.3) is 0 Å². The van der Waals surface area contributed by atoms with Gasteiger partial charge in [0.2, 0.25) is 0 Å². The van der Waals surface area contributed by atoms with E-state index in [0.29, 0.717) is 10.2 Å². The van der Waals surface area contributed by atoms with Gasteiger partial charge in [-0.1, -0.05) is 23.8 Å². The predicted molar refractivity (Wildman–Crippen MR) is 60.0 cm³/mol. The van der Waals surface area contributed by atoms with Gasteiger partial charge in [0.1, 0.15) is 5.44 Å². The molecule has 1 heterocycles. The number of thioether (sulfide) groups is 1. The third kappa shape index (κ3) is 3.20. The Morgan fingerprint density at radius 3 is 2.62 bits per heavy atom. The number of ether oxygens (including phenoxy) is 1. The van der Waals surface area contributed by atoms with Gasteiger partial charge in [-0.3, -0.25) is 0 Å². The Morgan fingerprint density at radius 1 is 1.54 bits per heavy atom. The SMILES string of the molecule is COC1CC(C)(/C=C/C=C(C)C)S1. The minimum Gasteiger partial charge on any atom is -0.371 e. The molecule has 0 aromatic heterocycles. The summed E-state index contributed by atoms with van der Waals surface area (Å²) in [6.45, 7) is 6.47. The maximum Gasteiger partial charge on any atom is 0.105 e. The van der Waals surface area contributed by atoms with Crippen molar-refractivity contribution in [1.29, 1.82) is 0 Å². The fraction of sp³-hybridized carbons (Fsp3) is 0.636. The van der Waals surface area contributed by atoms with E-state index < -0.39 is 0 Å². The Hall–Kier alpha value is -0.210. The van der Waals surface area contributed by atoms with Crippen LogP contribution >= 0.6 is 11.8 Å². The maximum absolute atomic E-state index is 5.22. The van der Waals surface area contributed by atoms with Crippen LogP contribution in [0.2, 0.25) is 0 Å². The summed E-state index contributed by atoms with van der Waals surface area (Å²) in [6, 6.07) is 0. The highest BCUT2D eigenvalue weighted by atomic mass is 32.2. The molecule has 74 valence electrons. The molecule has 0 amide bonds. The van der Waals surface area contributed by atoms with Crippen LogP contribution in [0.4, 0.5) is 0 Å². The molecule has 2 unspecified atom stereocenters. The summed E-state index contributed by atoms with van der Waals surface area (Å²) >= 11 is 1.89. The first-order chi connectivity index (χ1) is 6.06. The molecule has 0 radical (unpaired) electrons. The van der Waals surface area contributed by atoms with E-state index in [-0.39, 0.29) is 0 Å². The normalized spacial score (nSPS) is 33.1. The van der Waals surface area contributed by atoms with Gasteiger partial charge >= 0.3 is 0 Å². The van der Waals surface area contributed by atoms with Gasteiger partial charge in [-0.2, -0.15) is 0 Å². The molecule has 0 bridgehead atoms. The summed E-state index contributed by atoms with van der Waals surface area (Å²) in [6.07, 6.45) is 7.68. The van der Waals surface area contributed by atoms with Gasteiger partial charge < -0.3 is 4.74 Å². The number of allylic oxidation sites excluding steroid dienone is 3. The summed E-state index contributed by atoms with van der Waals surface area (Å²) < 4.78 is 5.52. The molecule has 0 aromatic carbocycles. The molecular weight excluding hydrogens is 180 g/mol. The molecule has 2 heteroatoms. The highest BCUT2D eigenvalue weighted by Gasteiger charge is 2.38. The van der Waals surface area contributed by atoms with Crippen LogP contribution in [0.1, 0.15) is 27.2 Å². The average Bonchev–Trinajstić information content (AvgIpc) is 1.98. The highest BCUT2D eigenvalue weighted by Crippen LogP contribution is 2.47. The minimum atomic E-state index is 0.298. The van der Waals surface area contributed by atoms with E-state index in [1.165, 1.54) is 5.57 Å². The molecule has 1 aliphatic rings. The molecule has 1 rings (SSSR count). The van der Waals surface area contributed by atoms with E-state index in [2.05, 4.69) is 39.0 Å². The number of methoxy groups -OCH3 is 1. The first-order valence-electron chi connectivity index (χ1n) is 4.59. The van der Waals surface area contributed by atoms with Crippen molar-refractivity contribution >= 4 is 11.8 Å². The van der Waals surface area contributed by atoms with E-state index in [1.54, 1.807) is 7.11 Å². The standard InChI is InChI=1S/C11H18OS/c1-9(2)6-5-7-11(3)8-10(12-4)13-11/h5-7,10H,8H2,1-4H3/b7-5+. The van der Waals surface area contributed by atoms with E-state index in [9.17, 15) is 0 Å². The van der Waals surface area contributed by atoms with E-state index >= 15 is 0 Å². The Bertz CT molecular complexity index is 220. The van der Waals surface area contributed by atoms with Crippen molar-refractivity contribution in [2.75, 3.05) is 7.11 Å². The van der Waals surface area contributed by atoms with Crippen molar-refractivity contribution < 1.29 is 4.74 Å². The molecule has 1 nitrogen and oxygen atoms in total. The first kappa shape index (κ1) is 10.9. The second kappa shape index (κ2) is 4.34. The summed E-state index contributed by atoms with van der Waals surface area (Å²) in [5, 5.41) is 0. The lowest BCUT2D eigenvalue weighted by molar-refractivity contribution is 0.144. The van der Waals surface area contributed by atoms with Gasteiger partial charge in [-0.25, -0.2) is 0 Å². The minimum absolute atomic E-state index is 0.298. The summed E-state index contributed by atoms with van der Waals surface area (Å²) in [5.41, 5.74) is 1.74. The fourth-order valence-electron chi connectivity index (χ4n) is 1.30. The van der Waals surface area contributed by atoms with E-state index in [1.807, 2.05) is 11.8 Å². The molecule has 0 N–H and O–H groups in total. The molecule has 0 aromatic rings. The zero-order chi connectivity index (χ0) is 9.90. The summed E-state index contributed by atoms with van der Waals surface area (Å²) in [5.74, 6) is 0. The Labute approximate surface area is 85.2 Å². The number of hydrogen-bond donors (Lipinski definition) is 0. The van der Waals surface area contributed by atoms with Crippen LogP contribution in [0.5, 0.6) is 0 Å². The predicted octanol–water partition coefficient (Wildman–Crippen LogP) is 3.38. The van der Waals surface area contributed by atoms with Crippen molar-refractivity contribution in [2.24, 2.45) is 0 Å². The van der Waals surface area contributed by atoms with Crippen molar-refractivity contribution in [1.82, 2.24) is 0 Å². The van der Waals surface area contributed by atoms with Gasteiger partial charge in [-0.15, -0.1) is 11.8 Å². The molecular formula is C11H18OS. The Morgan fingerprint density at radius 2 is 2.15 bits per heavy atom. The number of hydrogen-bond acceptors (Lipinski definition) is 2. The van der Waals surface area contributed by atoms with Crippen LogP contribution in [-0.2, 0) is 4.74 Å². The first-order valence-corrected chi connectivity index (χ1v) is 5.47. The van der Waals surface area contributed by atoms with Crippen LogP contribution < -0.4 is 0 Å². The summed E-state index contributed by atoms with van der Waals surface area (Å²) in [7, 11) is 1.77. The quantitative estimate of drug-likeness (QED) is 0.643. The number of rotatable bonds is 3. The van der Waals surface area contributed by atoms with Crippen molar-refractivity contribution in [3.05, 3.63) is 23.8 Å².